The standard InChI is InChI=1S/C55H43N5/c1-54(2)46-34-37(48-31-26-36-33-42(28-32-49(36)56-48)59(38-17-9-5-10-18-38)39-19-11-6-12-20-39)25-29-44(46)50-52(54)58-51-45-30-27-43(35-47(45)55(3,4)53(51)57-50)60(40-21-13-7-14-22-40)41-23-15-8-16-24-41/h5-35H,1-4H3. The molecule has 2 aliphatic rings. The van der Waals surface area contributed by atoms with Gasteiger partial charge in [-0.3, -0.25) is 0 Å². The van der Waals surface area contributed by atoms with E-state index < -0.39 is 0 Å². The van der Waals surface area contributed by atoms with Crippen molar-refractivity contribution < 1.29 is 0 Å². The molecule has 0 unspecified atom stereocenters. The Hall–Kier alpha value is -7.37. The Morgan fingerprint density at radius 3 is 1.30 bits per heavy atom. The summed E-state index contributed by atoms with van der Waals surface area (Å²) in [6, 6.07) is 66.6. The number of hydrogen-bond donors (Lipinski definition) is 0. The first-order valence-electron chi connectivity index (χ1n) is 20.7. The van der Waals surface area contributed by atoms with Crippen molar-refractivity contribution in [2.24, 2.45) is 0 Å². The Bertz CT molecular complexity index is 3010. The van der Waals surface area contributed by atoms with Crippen molar-refractivity contribution in [3.8, 4) is 33.8 Å². The highest BCUT2D eigenvalue weighted by atomic mass is 15.1. The van der Waals surface area contributed by atoms with E-state index in [2.05, 4.69) is 226 Å². The van der Waals surface area contributed by atoms with Gasteiger partial charge in [0.15, 0.2) is 0 Å². The van der Waals surface area contributed by atoms with Crippen molar-refractivity contribution in [3.05, 3.63) is 211 Å². The lowest BCUT2D eigenvalue weighted by atomic mass is 9.84. The molecular weight excluding hydrogens is 731 g/mol. The van der Waals surface area contributed by atoms with Gasteiger partial charge in [0.1, 0.15) is 0 Å². The fourth-order valence-corrected chi connectivity index (χ4v) is 9.38. The van der Waals surface area contributed by atoms with Gasteiger partial charge in [-0.2, -0.15) is 0 Å². The molecule has 5 heteroatoms. The molecule has 0 saturated carbocycles. The van der Waals surface area contributed by atoms with Crippen molar-refractivity contribution in [1.29, 1.82) is 0 Å². The Balaban J connectivity index is 0.938. The molecule has 2 heterocycles. The summed E-state index contributed by atoms with van der Waals surface area (Å²) >= 11 is 0. The summed E-state index contributed by atoms with van der Waals surface area (Å²) in [5, 5.41) is 1.09. The second-order valence-electron chi connectivity index (χ2n) is 16.9. The van der Waals surface area contributed by atoms with Crippen LogP contribution in [0.15, 0.2) is 188 Å². The normalized spacial score (nSPS) is 13.9. The Morgan fingerprint density at radius 1 is 0.367 bits per heavy atom. The predicted octanol–water partition coefficient (Wildman–Crippen LogP) is 14.2. The molecule has 0 N–H and O–H groups in total. The molecule has 0 aliphatic heterocycles. The van der Waals surface area contributed by atoms with Crippen LogP contribution in [0.4, 0.5) is 34.1 Å². The van der Waals surface area contributed by atoms with Crippen LogP contribution < -0.4 is 9.80 Å². The third-order valence-corrected chi connectivity index (χ3v) is 12.5. The summed E-state index contributed by atoms with van der Waals surface area (Å²) in [5.74, 6) is 0. The second kappa shape index (κ2) is 13.6. The summed E-state index contributed by atoms with van der Waals surface area (Å²) in [5.41, 5.74) is 17.7. The van der Waals surface area contributed by atoms with Crippen LogP contribution in [-0.2, 0) is 10.8 Å². The number of benzene rings is 7. The molecule has 0 spiro atoms. The number of nitrogens with zero attached hydrogens (tertiary/aromatic N) is 5. The van der Waals surface area contributed by atoms with Crippen molar-refractivity contribution in [2.45, 2.75) is 38.5 Å². The topological polar surface area (TPSA) is 45.2 Å². The molecule has 0 radical (unpaired) electrons. The summed E-state index contributed by atoms with van der Waals surface area (Å²) < 4.78 is 0. The fourth-order valence-electron chi connectivity index (χ4n) is 9.38. The first-order valence-corrected chi connectivity index (χ1v) is 20.7. The molecule has 0 amide bonds. The lowest BCUT2D eigenvalue weighted by Gasteiger charge is -2.27. The predicted molar refractivity (Wildman–Crippen MR) is 247 cm³/mol. The first kappa shape index (κ1) is 35.8. The minimum absolute atomic E-state index is 0.345. The molecule has 9 aromatic rings. The van der Waals surface area contributed by atoms with E-state index in [1.165, 1.54) is 11.1 Å². The Kier molecular flexibility index (Phi) is 8.11. The zero-order valence-electron chi connectivity index (χ0n) is 34.1. The van der Waals surface area contributed by atoms with Gasteiger partial charge in [-0.15, -0.1) is 0 Å². The molecule has 288 valence electrons. The minimum atomic E-state index is -0.350. The monoisotopic (exact) mass is 773 g/mol. The molecule has 7 aromatic carbocycles. The quantitative estimate of drug-likeness (QED) is 0.161. The molecular formula is C55H43N5. The molecule has 2 aliphatic carbocycles. The number of rotatable bonds is 7. The third kappa shape index (κ3) is 5.65. The maximum Gasteiger partial charge on any atom is 0.0933 e. The zero-order valence-corrected chi connectivity index (χ0v) is 34.1. The number of para-hydroxylation sites is 4. The number of aromatic nitrogens is 3. The average molecular weight is 774 g/mol. The van der Waals surface area contributed by atoms with Crippen molar-refractivity contribution >= 4 is 45.0 Å². The van der Waals surface area contributed by atoms with Gasteiger partial charge in [0.05, 0.1) is 34.0 Å². The molecule has 0 saturated heterocycles. The van der Waals surface area contributed by atoms with E-state index in [1.54, 1.807) is 0 Å². The van der Waals surface area contributed by atoms with Crippen molar-refractivity contribution in [1.82, 2.24) is 15.0 Å². The van der Waals surface area contributed by atoms with Crippen LogP contribution in [-0.4, -0.2) is 15.0 Å². The van der Waals surface area contributed by atoms with Crippen molar-refractivity contribution in [3.63, 3.8) is 0 Å². The molecule has 2 aromatic heterocycles. The maximum atomic E-state index is 5.54. The van der Waals surface area contributed by atoms with Crippen LogP contribution in [0, 0.1) is 0 Å². The highest BCUT2D eigenvalue weighted by Crippen LogP contribution is 2.54. The van der Waals surface area contributed by atoms with Crippen LogP contribution in [0.5, 0.6) is 0 Å². The van der Waals surface area contributed by atoms with Crippen molar-refractivity contribution in [2.75, 3.05) is 9.80 Å². The Morgan fingerprint density at radius 2 is 0.800 bits per heavy atom. The average Bonchev–Trinajstić information content (AvgIpc) is 3.65. The fraction of sp³-hybridized carbons (Fsp3) is 0.109. The maximum absolute atomic E-state index is 5.54. The van der Waals surface area contributed by atoms with E-state index >= 15 is 0 Å². The van der Waals surface area contributed by atoms with Gasteiger partial charge in [0, 0.05) is 67.0 Å². The molecule has 60 heavy (non-hydrogen) atoms. The van der Waals surface area contributed by atoms with Gasteiger partial charge in [-0.1, -0.05) is 125 Å². The van der Waals surface area contributed by atoms with Crippen LogP contribution >= 0.6 is 0 Å². The number of fused-ring (bicyclic) bond motifs is 7. The largest absolute Gasteiger partial charge is 0.310 e. The van der Waals surface area contributed by atoms with Crippen LogP contribution in [0.1, 0.15) is 50.2 Å². The van der Waals surface area contributed by atoms with E-state index in [0.717, 1.165) is 90.2 Å². The Labute approximate surface area is 351 Å². The summed E-state index contributed by atoms with van der Waals surface area (Å²) in [4.78, 5) is 20.9. The van der Waals surface area contributed by atoms with E-state index in [1.807, 2.05) is 0 Å². The summed E-state index contributed by atoms with van der Waals surface area (Å²) in [7, 11) is 0. The van der Waals surface area contributed by atoms with Crippen LogP contribution in [0.2, 0.25) is 0 Å². The van der Waals surface area contributed by atoms with Gasteiger partial charge < -0.3 is 9.80 Å². The highest BCUT2D eigenvalue weighted by molar-refractivity contribution is 5.90. The lowest BCUT2D eigenvalue weighted by Crippen LogP contribution is -2.20. The zero-order chi connectivity index (χ0) is 40.6. The van der Waals surface area contributed by atoms with E-state index in [0.29, 0.717) is 0 Å². The van der Waals surface area contributed by atoms with Gasteiger partial charge in [0.2, 0.25) is 0 Å². The minimum Gasteiger partial charge on any atom is -0.310 e. The first-order chi connectivity index (χ1) is 29.3. The molecule has 0 fully saturated rings. The highest BCUT2D eigenvalue weighted by Gasteiger charge is 2.44. The molecule has 0 bridgehead atoms. The molecule has 5 nitrogen and oxygen atoms in total. The molecule has 11 rings (SSSR count). The summed E-state index contributed by atoms with van der Waals surface area (Å²) in [6.45, 7) is 9.14. The van der Waals surface area contributed by atoms with E-state index in [-0.39, 0.29) is 10.8 Å². The van der Waals surface area contributed by atoms with Gasteiger partial charge in [-0.05, 0) is 102 Å². The number of hydrogen-bond acceptors (Lipinski definition) is 5. The van der Waals surface area contributed by atoms with Gasteiger partial charge in [0.25, 0.3) is 0 Å². The second-order valence-corrected chi connectivity index (χ2v) is 16.9. The number of anilines is 6. The SMILES string of the molecule is CC1(C)c2cc(-c3ccc4cc(N(c5ccccc5)c5ccccc5)ccc4n3)ccc2-c2nc3c(nc21)-c1ccc(N(c2ccccc2)c2ccccc2)cc1C3(C)C. The van der Waals surface area contributed by atoms with Gasteiger partial charge in [-0.25, -0.2) is 15.0 Å². The number of pyridine rings is 1. The lowest BCUT2D eigenvalue weighted by molar-refractivity contribution is 0.617. The van der Waals surface area contributed by atoms with Crippen LogP contribution in [0.3, 0.4) is 0 Å². The van der Waals surface area contributed by atoms with E-state index in [9.17, 15) is 0 Å². The summed E-state index contributed by atoms with van der Waals surface area (Å²) in [6.07, 6.45) is 0. The molecule has 0 atom stereocenters. The van der Waals surface area contributed by atoms with Gasteiger partial charge >= 0.3 is 0 Å². The third-order valence-electron chi connectivity index (χ3n) is 12.5. The smallest absolute Gasteiger partial charge is 0.0933 e. The van der Waals surface area contributed by atoms with Crippen LogP contribution in [0.25, 0.3) is 44.7 Å². The van der Waals surface area contributed by atoms with E-state index in [4.69, 9.17) is 15.0 Å².